The van der Waals surface area contributed by atoms with E-state index in [2.05, 4.69) is 403 Å². The Morgan fingerprint density at radius 1 is 0.182 bits per heavy atom. The quantitative estimate of drug-likeness (QED) is 0.100. The Labute approximate surface area is 583 Å². The lowest BCUT2D eigenvalue weighted by Gasteiger charge is -2.29. The van der Waals surface area contributed by atoms with Crippen LogP contribution in [0.25, 0.3) is 102 Å². The Morgan fingerprint density at radius 2 is 0.384 bits per heavy atom. The van der Waals surface area contributed by atoms with Gasteiger partial charge in [0, 0.05) is 50.4 Å². The molecule has 0 saturated carbocycles. The molecule has 2 heteroatoms. The maximum Gasteiger partial charge on any atom is 0.0467 e. The molecule has 0 spiro atoms. The maximum atomic E-state index is 2.44. The highest BCUT2D eigenvalue weighted by atomic mass is 15.1. The number of benzene rings is 14. The molecule has 0 bridgehead atoms. The van der Waals surface area contributed by atoms with Crippen LogP contribution < -0.4 is 9.80 Å². The fourth-order valence-electron chi connectivity index (χ4n) is 16.1. The molecule has 0 heterocycles. The predicted molar refractivity (Wildman–Crippen MR) is 421 cm³/mol. The van der Waals surface area contributed by atoms with Crippen molar-refractivity contribution in [1.82, 2.24) is 0 Å². The molecule has 99 heavy (non-hydrogen) atoms. The largest absolute Gasteiger partial charge is 0.310 e. The highest BCUT2D eigenvalue weighted by molar-refractivity contribution is 5.92. The lowest BCUT2D eigenvalue weighted by Crippen LogP contribution is -2.16. The van der Waals surface area contributed by atoms with Crippen molar-refractivity contribution in [3.05, 3.63) is 383 Å². The molecule has 0 aliphatic heterocycles. The van der Waals surface area contributed by atoms with E-state index < -0.39 is 0 Å². The minimum absolute atomic E-state index is 0.182. The van der Waals surface area contributed by atoms with Gasteiger partial charge in [-0.15, -0.1) is 0 Å². The maximum absolute atomic E-state index is 2.44. The van der Waals surface area contributed by atoms with Gasteiger partial charge >= 0.3 is 0 Å². The first-order chi connectivity index (χ1) is 48.3. The molecule has 3 aliphatic carbocycles. The van der Waals surface area contributed by atoms with E-state index in [1.165, 1.54) is 134 Å². The van der Waals surface area contributed by atoms with E-state index in [1.54, 1.807) is 0 Å². The van der Waals surface area contributed by atoms with Gasteiger partial charge < -0.3 is 9.80 Å². The average molecular weight is 1270 g/mol. The minimum Gasteiger partial charge on any atom is -0.310 e. The molecule has 0 aromatic heterocycles. The molecule has 0 amide bonds. The first-order valence-corrected chi connectivity index (χ1v) is 34.8. The van der Waals surface area contributed by atoms with Gasteiger partial charge in [0.25, 0.3) is 0 Å². The molecular weight excluding hydrogens is 1190 g/mol. The highest BCUT2D eigenvalue weighted by Gasteiger charge is 2.39. The zero-order valence-electron chi connectivity index (χ0n) is 56.9. The molecule has 0 N–H and O–H groups in total. The van der Waals surface area contributed by atoms with Crippen LogP contribution in [0, 0.1) is 0 Å². The first kappa shape index (κ1) is 60.8. The van der Waals surface area contributed by atoms with Crippen molar-refractivity contribution in [2.75, 3.05) is 9.80 Å². The standard InChI is InChI=1S/C97H76N2/c1-95(2)89-55-65(39-41-67-45-51-85-87-53-47-81(63-93(87)96(3,4)91(85)57-67)98(77-35-19-31-73(59-77)69-23-11-7-12-24-69)78-36-20-32-74(60-78)70-25-13-8-14-26-70)43-49-83(89)84-50-44-66(56-90(84)95)40-42-68-46-52-86-88-54-48-82(64-94(88)97(5,6)92(86)58-68)99(79-37-21-33-75(61-79)71-27-15-9-16-28-71)80-38-22-34-76(62-80)72-29-17-10-18-30-72/h7-64H,1-6H3. The molecule has 3 aliphatic rings. The third-order valence-electron chi connectivity index (χ3n) is 21.4. The van der Waals surface area contributed by atoms with Gasteiger partial charge in [0.2, 0.25) is 0 Å². The molecule has 0 atom stereocenters. The number of rotatable bonds is 14. The summed E-state index contributed by atoms with van der Waals surface area (Å²) in [5, 5.41) is 0. The van der Waals surface area contributed by atoms with Gasteiger partial charge in [0.05, 0.1) is 0 Å². The van der Waals surface area contributed by atoms with E-state index in [1.807, 2.05) is 0 Å². The van der Waals surface area contributed by atoms with Gasteiger partial charge in [-0.05, 0) is 206 Å². The lowest BCUT2D eigenvalue weighted by molar-refractivity contribution is 0.660. The molecule has 0 fully saturated rings. The summed E-state index contributed by atoms with van der Waals surface area (Å²) in [4.78, 5) is 4.86. The van der Waals surface area contributed by atoms with Crippen LogP contribution in [0.2, 0.25) is 0 Å². The number of hydrogen-bond donors (Lipinski definition) is 0. The van der Waals surface area contributed by atoms with Gasteiger partial charge in [-0.25, -0.2) is 0 Å². The summed E-state index contributed by atoms with van der Waals surface area (Å²) in [5.74, 6) is 0. The Bertz CT molecular complexity index is 5010. The summed E-state index contributed by atoms with van der Waals surface area (Å²) in [7, 11) is 0. The van der Waals surface area contributed by atoms with Crippen molar-refractivity contribution in [1.29, 1.82) is 0 Å². The predicted octanol–water partition coefficient (Wildman–Crippen LogP) is 26.6. The molecule has 0 radical (unpaired) electrons. The fourth-order valence-corrected chi connectivity index (χ4v) is 16.1. The minimum atomic E-state index is -0.235. The van der Waals surface area contributed by atoms with E-state index in [4.69, 9.17) is 0 Å². The highest BCUT2D eigenvalue weighted by Crippen LogP contribution is 2.55. The summed E-state index contributed by atoms with van der Waals surface area (Å²) in [6, 6.07) is 121. The molecule has 0 unspecified atom stereocenters. The van der Waals surface area contributed by atoms with Crippen LogP contribution in [-0.4, -0.2) is 0 Å². The average Bonchev–Trinajstić information content (AvgIpc) is 1.60. The Morgan fingerprint density at radius 3 is 0.626 bits per heavy atom. The molecule has 0 saturated heterocycles. The van der Waals surface area contributed by atoms with Crippen molar-refractivity contribution in [3.8, 4) is 77.9 Å². The first-order valence-electron chi connectivity index (χ1n) is 34.8. The molecule has 17 rings (SSSR count). The molecule has 14 aromatic rings. The zero-order chi connectivity index (χ0) is 67.0. The third-order valence-corrected chi connectivity index (χ3v) is 21.4. The van der Waals surface area contributed by atoms with Gasteiger partial charge in [-0.1, -0.05) is 321 Å². The van der Waals surface area contributed by atoms with Gasteiger partial charge in [0.1, 0.15) is 0 Å². The fraction of sp³-hybridized carbons (Fsp3) is 0.0928. The third kappa shape index (κ3) is 10.9. The van der Waals surface area contributed by atoms with Crippen molar-refractivity contribution in [2.45, 2.75) is 57.8 Å². The molecule has 474 valence electrons. The van der Waals surface area contributed by atoms with Crippen LogP contribution >= 0.6 is 0 Å². The summed E-state index contributed by atoms with van der Waals surface area (Å²) < 4.78 is 0. The summed E-state index contributed by atoms with van der Waals surface area (Å²) in [6.07, 6.45) is 9.21. The van der Waals surface area contributed by atoms with Crippen LogP contribution in [0.15, 0.2) is 328 Å². The van der Waals surface area contributed by atoms with Gasteiger partial charge in [-0.2, -0.15) is 0 Å². The summed E-state index contributed by atoms with van der Waals surface area (Å²) >= 11 is 0. The lowest BCUT2D eigenvalue weighted by atomic mass is 9.81. The normalized spacial score (nSPS) is 13.9. The SMILES string of the molecule is CC1(C)c2cc(C=Cc3ccc4c(c3)C(C)(C)c3cc(N(c5cccc(-c6ccccc6)c5)c5cccc(-c6ccccc6)c5)ccc3-4)ccc2-c2ccc(C=Cc3ccc4c(c3)C(C)(C)c3cc(N(c5cccc(-c6ccccc6)c5)c5cccc(-c6ccccc6)c5)ccc3-4)cc21. The monoisotopic (exact) mass is 1270 g/mol. The summed E-state index contributed by atoms with van der Waals surface area (Å²) in [5.41, 5.74) is 36.3. The topological polar surface area (TPSA) is 6.48 Å². The van der Waals surface area contributed by atoms with E-state index in [9.17, 15) is 0 Å². The molecular formula is C97H76N2. The molecule has 14 aromatic carbocycles. The van der Waals surface area contributed by atoms with Crippen molar-refractivity contribution in [2.24, 2.45) is 0 Å². The number of nitrogens with zero attached hydrogens (tertiary/aromatic N) is 2. The second-order valence-corrected chi connectivity index (χ2v) is 28.6. The van der Waals surface area contributed by atoms with E-state index in [-0.39, 0.29) is 16.2 Å². The van der Waals surface area contributed by atoms with Crippen LogP contribution in [0.1, 0.15) is 97.2 Å². The van der Waals surface area contributed by atoms with Crippen LogP contribution in [0.3, 0.4) is 0 Å². The second-order valence-electron chi connectivity index (χ2n) is 28.6. The molecule has 2 nitrogen and oxygen atoms in total. The van der Waals surface area contributed by atoms with Crippen molar-refractivity contribution >= 4 is 58.4 Å². The number of anilines is 6. The number of hydrogen-bond acceptors (Lipinski definition) is 2. The van der Waals surface area contributed by atoms with E-state index in [0.29, 0.717) is 0 Å². The van der Waals surface area contributed by atoms with Crippen LogP contribution in [0.4, 0.5) is 34.1 Å². The second kappa shape index (κ2) is 24.4. The summed E-state index contributed by atoms with van der Waals surface area (Å²) in [6.45, 7) is 14.3. The zero-order valence-corrected chi connectivity index (χ0v) is 56.9. The van der Waals surface area contributed by atoms with E-state index >= 15 is 0 Å². The Balaban J connectivity index is 0.616. The van der Waals surface area contributed by atoms with Crippen molar-refractivity contribution in [3.63, 3.8) is 0 Å². The Kier molecular flexibility index (Phi) is 15.0. The number of fused-ring (bicyclic) bond motifs is 9. The van der Waals surface area contributed by atoms with Crippen molar-refractivity contribution < 1.29 is 0 Å². The van der Waals surface area contributed by atoms with E-state index in [0.717, 1.165) is 34.1 Å². The smallest absolute Gasteiger partial charge is 0.0467 e. The Hall–Kier alpha value is -11.8. The van der Waals surface area contributed by atoms with Gasteiger partial charge in [-0.3, -0.25) is 0 Å². The van der Waals surface area contributed by atoms with Crippen LogP contribution in [-0.2, 0) is 16.2 Å². The van der Waals surface area contributed by atoms with Crippen LogP contribution in [0.5, 0.6) is 0 Å². The van der Waals surface area contributed by atoms with Gasteiger partial charge in [0.15, 0.2) is 0 Å².